The van der Waals surface area contributed by atoms with Gasteiger partial charge >= 0.3 is 5.97 Å². The third-order valence-electron chi connectivity index (χ3n) is 2.35. The van der Waals surface area contributed by atoms with E-state index in [0.29, 0.717) is 0 Å². The topological polar surface area (TPSA) is 53.1 Å². The predicted octanol–water partition coefficient (Wildman–Crippen LogP) is 2.61. The van der Waals surface area contributed by atoms with Gasteiger partial charge in [0.25, 0.3) is 0 Å². The smallest absolute Gasteiger partial charge is 0.304 e. The molecule has 0 bridgehead atoms. The first-order valence-corrected chi connectivity index (χ1v) is 5.16. The van der Waals surface area contributed by atoms with Crippen LogP contribution in [0.1, 0.15) is 17.2 Å². The van der Waals surface area contributed by atoms with Crippen LogP contribution < -0.4 is 0 Å². The van der Waals surface area contributed by atoms with E-state index >= 15 is 0 Å². The largest absolute Gasteiger partial charge is 0.481 e. The number of thiol groups is 1. The Morgan fingerprint density at radius 2 is 2.20 bits per heavy atom. The van der Waals surface area contributed by atoms with Gasteiger partial charge in [-0.1, -0.05) is 18.2 Å². The Hall–Kier alpha value is -1.42. The van der Waals surface area contributed by atoms with Gasteiger partial charge in [-0.05, 0) is 11.6 Å². The molecular formula is C11H11NO2S. The minimum absolute atomic E-state index is 0.0327. The number of hydrogen-bond acceptors (Lipinski definition) is 2. The Morgan fingerprint density at radius 1 is 1.47 bits per heavy atom. The Kier molecular flexibility index (Phi) is 2.68. The van der Waals surface area contributed by atoms with E-state index in [9.17, 15) is 4.79 Å². The maximum atomic E-state index is 10.6. The van der Waals surface area contributed by atoms with E-state index in [4.69, 9.17) is 5.11 Å². The van der Waals surface area contributed by atoms with E-state index in [2.05, 4.69) is 17.6 Å². The number of nitrogens with one attached hydrogen (secondary N) is 1. The first-order chi connectivity index (χ1) is 7.18. The molecule has 2 aromatic rings. The number of rotatable bonds is 3. The zero-order valence-corrected chi connectivity index (χ0v) is 8.87. The molecule has 0 aliphatic rings. The maximum Gasteiger partial charge on any atom is 0.304 e. The van der Waals surface area contributed by atoms with Gasteiger partial charge in [0.2, 0.25) is 0 Å². The second kappa shape index (κ2) is 3.98. The van der Waals surface area contributed by atoms with Gasteiger partial charge in [-0.3, -0.25) is 4.79 Å². The third kappa shape index (κ3) is 1.99. The van der Waals surface area contributed by atoms with Crippen molar-refractivity contribution in [2.45, 2.75) is 11.7 Å². The highest BCUT2D eigenvalue weighted by Gasteiger charge is 2.14. The molecule has 0 aliphatic carbocycles. The zero-order valence-electron chi connectivity index (χ0n) is 7.97. The van der Waals surface area contributed by atoms with Crippen molar-refractivity contribution in [1.29, 1.82) is 0 Å². The highest BCUT2D eigenvalue weighted by molar-refractivity contribution is 7.80. The summed E-state index contributed by atoms with van der Waals surface area (Å²) in [6.45, 7) is 0. The summed E-state index contributed by atoms with van der Waals surface area (Å²) >= 11 is 4.30. The quantitative estimate of drug-likeness (QED) is 0.698. The normalized spacial score (nSPS) is 12.9. The molecule has 1 heterocycles. The van der Waals surface area contributed by atoms with Gasteiger partial charge in [-0.25, -0.2) is 0 Å². The fourth-order valence-electron chi connectivity index (χ4n) is 1.65. The number of carboxylic acid groups (broad SMARTS) is 1. The van der Waals surface area contributed by atoms with Crippen LogP contribution in [0.2, 0.25) is 0 Å². The predicted molar refractivity (Wildman–Crippen MR) is 62.3 cm³/mol. The number of fused-ring (bicyclic) bond motifs is 1. The number of hydrogen-bond donors (Lipinski definition) is 3. The van der Waals surface area contributed by atoms with Crippen LogP contribution in [0.4, 0.5) is 0 Å². The number of carbonyl (C=O) groups is 1. The summed E-state index contributed by atoms with van der Waals surface area (Å²) in [5, 5.41) is 9.47. The molecule has 4 heteroatoms. The number of benzene rings is 1. The Labute approximate surface area is 92.5 Å². The molecule has 78 valence electrons. The molecule has 2 rings (SSSR count). The van der Waals surface area contributed by atoms with Crippen molar-refractivity contribution >= 4 is 29.5 Å². The molecule has 0 radical (unpaired) electrons. The monoisotopic (exact) mass is 221 g/mol. The van der Waals surface area contributed by atoms with E-state index in [1.807, 2.05) is 30.5 Å². The number of aromatic nitrogens is 1. The van der Waals surface area contributed by atoms with Crippen molar-refractivity contribution in [3.8, 4) is 0 Å². The molecular weight excluding hydrogens is 210 g/mol. The first-order valence-electron chi connectivity index (χ1n) is 4.64. The van der Waals surface area contributed by atoms with Gasteiger partial charge in [0.05, 0.1) is 6.42 Å². The highest BCUT2D eigenvalue weighted by Crippen LogP contribution is 2.30. The number of aliphatic carboxylic acids is 1. The lowest BCUT2D eigenvalue weighted by atomic mass is 10.1. The minimum Gasteiger partial charge on any atom is -0.481 e. The van der Waals surface area contributed by atoms with Gasteiger partial charge < -0.3 is 10.1 Å². The summed E-state index contributed by atoms with van der Waals surface area (Å²) in [5.41, 5.74) is 1.95. The molecule has 1 aromatic carbocycles. The van der Waals surface area contributed by atoms with Crippen molar-refractivity contribution in [3.05, 3.63) is 36.0 Å². The van der Waals surface area contributed by atoms with Crippen LogP contribution in [0.5, 0.6) is 0 Å². The number of H-pyrrole nitrogens is 1. The molecule has 0 fully saturated rings. The van der Waals surface area contributed by atoms with Crippen LogP contribution in [0, 0.1) is 0 Å². The van der Waals surface area contributed by atoms with Gasteiger partial charge in [0.1, 0.15) is 0 Å². The van der Waals surface area contributed by atoms with Gasteiger partial charge in [-0.2, -0.15) is 12.6 Å². The minimum atomic E-state index is -0.833. The third-order valence-corrected chi connectivity index (χ3v) is 2.81. The van der Waals surface area contributed by atoms with Gasteiger partial charge in [0.15, 0.2) is 0 Å². The second-order valence-electron chi connectivity index (χ2n) is 3.40. The Morgan fingerprint density at radius 3 is 2.93 bits per heavy atom. The molecule has 0 saturated carbocycles. The lowest BCUT2D eigenvalue weighted by molar-refractivity contribution is -0.137. The number of carboxylic acids is 1. The van der Waals surface area contributed by atoms with Crippen LogP contribution in [0.25, 0.3) is 10.9 Å². The second-order valence-corrected chi connectivity index (χ2v) is 4.03. The summed E-state index contributed by atoms with van der Waals surface area (Å²) in [6.07, 6.45) is 1.86. The maximum absolute atomic E-state index is 10.6. The Balaban J connectivity index is 2.39. The van der Waals surface area contributed by atoms with Crippen LogP contribution in [0.3, 0.4) is 0 Å². The Bertz CT molecular complexity index is 492. The van der Waals surface area contributed by atoms with E-state index in [-0.39, 0.29) is 11.7 Å². The molecule has 0 amide bonds. The molecule has 2 N–H and O–H groups in total. The number of para-hydroxylation sites is 1. The average molecular weight is 221 g/mol. The molecule has 15 heavy (non-hydrogen) atoms. The summed E-state index contributed by atoms with van der Waals surface area (Å²) in [7, 11) is 0. The fraction of sp³-hybridized carbons (Fsp3) is 0.182. The summed E-state index contributed by atoms with van der Waals surface area (Å²) in [6, 6.07) is 7.79. The van der Waals surface area contributed by atoms with E-state index in [0.717, 1.165) is 16.5 Å². The standard InChI is InChI=1S/C11H11NO2S/c13-11(14)5-10(15)8-6-12-9-4-2-1-3-7(8)9/h1-4,6,10,12,15H,5H2,(H,13,14). The fourth-order valence-corrected chi connectivity index (χ4v) is 2.01. The van der Waals surface area contributed by atoms with E-state index in [1.165, 1.54) is 0 Å². The van der Waals surface area contributed by atoms with E-state index < -0.39 is 5.97 Å². The van der Waals surface area contributed by atoms with Crippen LogP contribution in [-0.4, -0.2) is 16.1 Å². The van der Waals surface area contributed by atoms with Crippen molar-refractivity contribution in [2.24, 2.45) is 0 Å². The SMILES string of the molecule is O=C(O)CC(S)c1c[nH]c2ccccc12. The van der Waals surface area contributed by atoms with Crippen LogP contribution in [0.15, 0.2) is 30.5 Å². The van der Waals surface area contributed by atoms with Crippen molar-refractivity contribution in [1.82, 2.24) is 4.98 Å². The van der Waals surface area contributed by atoms with Crippen molar-refractivity contribution in [3.63, 3.8) is 0 Å². The molecule has 0 aliphatic heterocycles. The summed E-state index contributed by atoms with van der Waals surface area (Å²) in [4.78, 5) is 13.7. The molecule has 0 spiro atoms. The molecule has 3 nitrogen and oxygen atoms in total. The molecule has 1 unspecified atom stereocenters. The lowest BCUT2D eigenvalue weighted by Gasteiger charge is -2.05. The zero-order chi connectivity index (χ0) is 10.8. The van der Waals surface area contributed by atoms with Crippen molar-refractivity contribution in [2.75, 3.05) is 0 Å². The molecule has 1 aromatic heterocycles. The van der Waals surface area contributed by atoms with Gasteiger partial charge in [-0.15, -0.1) is 0 Å². The summed E-state index contributed by atoms with van der Waals surface area (Å²) < 4.78 is 0. The summed E-state index contributed by atoms with van der Waals surface area (Å²) in [5.74, 6) is -0.833. The van der Waals surface area contributed by atoms with Gasteiger partial charge in [0, 0.05) is 22.3 Å². The van der Waals surface area contributed by atoms with Crippen molar-refractivity contribution < 1.29 is 9.90 Å². The average Bonchev–Trinajstić information content (AvgIpc) is 2.59. The lowest BCUT2D eigenvalue weighted by Crippen LogP contribution is -2.00. The number of aromatic amines is 1. The van der Waals surface area contributed by atoms with Crippen LogP contribution in [-0.2, 0) is 4.79 Å². The highest BCUT2D eigenvalue weighted by atomic mass is 32.1. The van der Waals surface area contributed by atoms with E-state index in [1.54, 1.807) is 0 Å². The molecule has 1 atom stereocenters. The molecule has 0 saturated heterocycles. The first kappa shape index (κ1) is 10.1. The van der Waals surface area contributed by atoms with Crippen LogP contribution >= 0.6 is 12.6 Å².